The molecule has 5 heteroatoms. The Kier molecular flexibility index (Phi) is 3.72. The summed E-state index contributed by atoms with van der Waals surface area (Å²) < 4.78 is 39.8. The molecule has 0 amide bonds. The molecule has 0 aliphatic heterocycles. The molecule has 0 fully saturated rings. The van der Waals surface area contributed by atoms with Crippen LogP contribution in [-0.2, 0) is 6.18 Å². The second-order valence-electron chi connectivity index (χ2n) is 5.48. The number of fused-ring (bicyclic) bond motifs is 1. The smallest absolute Gasteiger partial charge is 0.377 e. The predicted molar refractivity (Wildman–Crippen MR) is 86.5 cm³/mol. The van der Waals surface area contributed by atoms with Crippen LogP contribution in [-0.4, -0.2) is 19.1 Å². The van der Waals surface area contributed by atoms with Gasteiger partial charge >= 0.3 is 6.18 Å². The SMILES string of the molecule is CN(C)c1cc(-c2ccccc2C(F)(F)F)nc2ccccc12. The van der Waals surface area contributed by atoms with Gasteiger partial charge in [-0.05, 0) is 18.2 Å². The minimum atomic E-state index is -4.41. The highest BCUT2D eigenvalue weighted by Crippen LogP contribution is 2.38. The van der Waals surface area contributed by atoms with Crippen molar-refractivity contribution in [3.05, 3.63) is 60.2 Å². The Morgan fingerprint density at radius 2 is 1.57 bits per heavy atom. The Bertz CT molecular complexity index is 854. The lowest BCUT2D eigenvalue weighted by Gasteiger charge is -2.18. The van der Waals surface area contributed by atoms with Crippen molar-refractivity contribution in [1.29, 1.82) is 0 Å². The highest BCUT2D eigenvalue weighted by molar-refractivity contribution is 5.94. The van der Waals surface area contributed by atoms with Crippen LogP contribution in [0.2, 0.25) is 0 Å². The number of para-hydroxylation sites is 1. The fraction of sp³-hybridized carbons (Fsp3) is 0.167. The van der Waals surface area contributed by atoms with Crippen LogP contribution in [0.5, 0.6) is 0 Å². The molecular formula is C18H15F3N2. The summed E-state index contributed by atoms with van der Waals surface area (Å²) >= 11 is 0. The highest BCUT2D eigenvalue weighted by Gasteiger charge is 2.33. The standard InChI is InChI=1S/C18H15F3N2/c1-23(2)17-11-16(22-15-10-6-4-8-13(15)17)12-7-3-5-9-14(12)18(19,20)21/h3-11H,1-2H3. The van der Waals surface area contributed by atoms with Crippen LogP contribution in [0.1, 0.15) is 5.56 Å². The molecule has 0 unspecified atom stereocenters. The fourth-order valence-corrected chi connectivity index (χ4v) is 2.62. The van der Waals surface area contributed by atoms with Gasteiger partial charge < -0.3 is 4.90 Å². The molecule has 0 aliphatic rings. The molecule has 0 saturated heterocycles. The molecular weight excluding hydrogens is 301 g/mol. The molecule has 118 valence electrons. The van der Waals surface area contributed by atoms with E-state index in [4.69, 9.17) is 0 Å². The van der Waals surface area contributed by atoms with Gasteiger partial charge in [-0.15, -0.1) is 0 Å². The lowest BCUT2D eigenvalue weighted by Crippen LogP contribution is -2.11. The normalized spacial score (nSPS) is 11.7. The molecule has 0 radical (unpaired) electrons. The maximum atomic E-state index is 13.3. The largest absolute Gasteiger partial charge is 0.417 e. The van der Waals surface area contributed by atoms with Gasteiger partial charge in [0.1, 0.15) is 0 Å². The molecule has 0 bridgehead atoms. The highest BCUT2D eigenvalue weighted by atomic mass is 19.4. The third-order valence-corrected chi connectivity index (χ3v) is 3.68. The molecule has 3 rings (SSSR count). The fourth-order valence-electron chi connectivity index (χ4n) is 2.62. The molecule has 1 heterocycles. The van der Waals surface area contributed by atoms with E-state index in [2.05, 4.69) is 4.98 Å². The van der Waals surface area contributed by atoms with E-state index in [1.54, 1.807) is 12.1 Å². The molecule has 0 spiro atoms. The number of nitrogens with zero attached hydrogens (tertiary/aromatic N) is 2. The summed E-state index contributed by atoms with van der Waals surface area (Å²) in [5.74, 6) is 0. The second kappa shape index (κ2) is 5.57. The number of pyridine rings is 1. The van der Waals surface area contributed by atoms with Gasteiger partial charge in [0.15, 0.2) is 0 Å². The zero-order valence-corrected chi connectivity index (χ0v) is 12.7. The van der Waals surface area contributed by atoms with Crippen LogP contribution in [0, 0.1) is 0 Å². The van der Waals surface area contributed by atoms with E-state index in [1.165, 1.54) is 12.1 Å². The number of anilines is 1. The third-order valence-electron chi connectivity index (χ3n) is 3.68. The predicted octanol–water partition coefficient (Wildman–Crippen LogP) is 4.99. The second-order valence-corrected chi connectivity index (χ2v) is 5.48. The Morgan fingerprint density at radius 1 is 0.913 bits per heavy atom. The zero-order chi connectivity index (χ0) is 16.6. The number of alkyl halides is 3. The van der Waals surface area contributed by atoms with Gasteiger partial charge in [0.05, 0.1) is 16.8 Å². The zero-order valence-electron chi connectivity index (χ0n) is 12.7. The maximum Gasteiger partial charge on any atom is 0.417 e. The summed E-state index contributed by atoms with van der Waals surface area (Å²) in [7, 11) is 3.72. The molecule has 0 aliphatic carbocycles. The van der Waals surface area contributed by atoms with E-state index in [-0.39, 0.29) is 5.56 Å². The van der Waals surface area contributed by atoms with E-state index in [0.717, 1.165) is 17.1 Å². The van der Waals surface area contributed by atoms with Crippen molar-refractivity contribution in [2.75, 3.05) is 19.0 Å². The number of hydrogen-bond acceptors (Lipinski definition) is 2. The van der Waals surface area contributed by atoms with Crippen LogP contribution in [0.15, 0.2) is 54.6 Å². The Hall–Kier alpha value is -2.56. The van der Waals surface area contributed by atoms with Gasteiger partial charge in [-0.3, -0.25) is 0 Å². The van der Waals surface area contributed by atoms with Crippen molar-refractivity contribution in [3.63, 3.8) is 0 Å². The van der Waals surface area contributed by atoms with Crippen LogP contribution in [0.3, 0.4) is 0 Å². The molecule has 1 aromatic heterocycles. The number of benzene rings is 2. The monoisotopic (exact) mass is 316 g/mol. The van der Waals surface area contributed by atoms with Crippen molar-refractivity contribution in [2.24, 2.45) is 0 Å². The van der Waals surface area contributed by atoms with Gasteiger partial charge in [0.2, 0.25) is 0 Å². The summed E-state index contributed by atoms with van der Waals surface area (Å²) in [5.41, 5.74) is 1.25. The van der Waals surface area contributed by atoms with Gasteiger partial charge in [0.25, 0.3) is 0 Å². The first-order chi connectivity index (χ1) is 10.9. The molecule has 0 atom stereocenters. The number of aromatic nitrogens is 1. The molecule has 0 N–H and O–H groups in total. The first-order valence-corrected chi connectivity index (χ1v) is 7.11. The first kappa shape index (κ1) is 15.3. The lowest BCUT2D eigenvalue weighted by molar-refractivity contribution is -0.137. The van der Waals surface area contributed by atoms with Crippen molar-refractivity contribution in [2.45, 2.75) is 6.18 Å². The van der Waals surface area contributed by atoms with E-state index >= 15 is 0 Å². The van der Waals surface area contributed by atoms with Gasteiger partial charge in [-0.2, -0.15) is 13.2 Å². The molecule has 3 aromatic rings. The van der Waals surface area contributed by atoms with E-state index in [0.29, 0.717) is 11.2 Å². The minimum Gasteiger partial charge on any atom is -0.377 e. The number of hydrogen-bond donors (Lipinski definition) is 0. The van der Waals surface area contributed by atoms with Crippen molar-refractivity contribution in [1.82, 2.24) is 4.98 Å². The lowest BCUT2D eigenvalue weighted by atomic mass is 10.0. The van der Waals surface area contributed by atoms with Gasteiger partial charge in [-0.1, -0.05) is 36.4 Å². The third kappa shape index (κ3) is 2.86. The maximum absolute atomic E-state index is 13.3. The number of halogens is 3. The molecule has 2 aromatic carbocycles. The van der Waals surface area contributed by atoms with Crippen LogP contribution < -0.4 is 4.90 Å². The summed E-state index contributed by atoms with van der Waals surface area (Å²) in [6.07, 6.45) is -4.41. The Morgan fingerprint density at radius 3 is 2.26 bits per heavy atom. The Labute approximate surface area is 132 Å². The first-order valence-electron chi connectivity index (χ1n) is 7.11. The number of rotatable bonds is 2. The summed E-state index contributed by atoms with van der Waals surface area (Å²) in [5, 5.41) is 0.908. The molecule has 2 nitrogen and oxygen atoms in total. The van der Waals surface area contributed by atoms with Crippen LogP contribution >= 0.6 is 0 Å². The van der Waals surface area contributed by atoms with E-state index < -0.39 is 11.7 Å². The van der Waals surface area contributed by atoms with Crippen molar-refractivity contribution in [3.8, 4) is 11.3 Å². The summed E-state index contributed by atoms with van der Waals surface area (Å²) in [4.78, 5) is 6.31. The summed E-state index contributed by atoms with van der Waals surface area (Å²) in [6.45, 7) is 0. The van der Waals surface area contributed by atoms with Gasteiger partial charge in [0, 0.05) is 30.7 Å². The van der Waals surface area contributed by atoms with Crippen LogP contribution in [0.25, 0.3) is 22.2 Å². The molecule has 23 heavy (non-hydrogen) atoms. The topological polar surface area (TPSA) is 16.1 Å². The average Bonchev–Trinajstić information content (AvgIpc) is 2.53. The van der Waals surface area contributed by atoms with Crippen molar-refractivity contribution < 1.29 is 13.2 Å². The quantitative estimate of drug-likeness (QED) is 0.662. The Balaban J connectivity index is 2.30. The van der Waals surface area contributed by atoms with Crippen molar-refractivity contribution >= 4 is 16.6 Å². The molecule has 0 saturated carbocycles. The average molecular weight is 316 g/mol. The van der Waals surface area contributed by atoms with E-state index in [1.807, 2.05) is 43.3 Å². The minimum absolute atomic E-state index is 0.0915. The summed E-state index contributed by atoms with van der Waals surface area (Å²) in [6, 6.07) is 14.7. The van der Waals surface area contributed by atoms with Gasteiger partial charge in [-0.25, -0.2) is 4.98 Å². The van der Waals surface area contributed by atoms with E-state index in [9.17, 15) is 13.2 Å². The van der Waals surface area contributed by atoms with Crippen LogP contribution in [0.4, 0.5) is 18.9 Å².